The van der Waals surface area contributed by atoms with E-state index in [1.165, 1.54) is 0 Å². The highest BCUT2D eigenvalue weighted by Crippen LogP contribution is 2.33. The van der Waals surface area contributed by atoms with Gasteiger partial charge in [0.15, 0.2) is 5.82 Å². The summed E-state index contributed by atoms with van der Waals surface area (Å²) in [5, 5.41) is 8.00. The van der Waals surface area contributed by atoms with Gasteiger partial charge in [0.1, 0.15) is 5.82 Å². The fourth-order valence-corrected chi connectivity index (χ4v) is 4.36. The van der Waals surface area contributed by atoms with Crippen molar-refractivity contribution in [3.8, 4) is 11.4 Å². The summed E-state index contributed by atoms with van der Waals surface area (Å²) in [7, 11) is 2.05. The predicted molar refractivity (Wildman–Crippen MR) is 130 cm³/mol. The van der Waals surface area contributed by atoms with Crippen molar-refractivity contribution in [1.29, 1.82) is 0 Å². The summed E-state index contributed by atoms with van der Waals surface area (Å²) in [6.45, 7) is 2.99. The maximum absolute atomic E-state index is 12.0. The molecule has 1 aliphatic heterocycles. The van der Waals surface area contributed by atoms with Gasteiger partial charge in [-0.1, -0.05) is 0 Å². The van der Waals surface area contributed by atoms with Gasteiger partial charge < -0.3 is 24.8 Å². The lowest BCUT2D eigenvalue weighted by atomic mass is 10.1. The lowest BCUT2D eigenvalue weighted by molar-refractivity contribution is 0.122. The van der Waals surface area contributed by atoms with Crippen LogP contribution in [0.4, 0.5) is 16.3 Å². The second-order valence-electron chi connectivity index (χ2n) is 8.74. The molecule has 3 heterocycles. The van der Waals surface area contributed by atoms with Crippen molar-refractivity contribution >= 4 is 39.3 Å². The van der Waals surface area contributed by atoms with Crippen LogP contribution >= 0.6 is 0 Å². The van der Waals surface area contributed by atoms with Gasteiger partial charge >= 0.3 is 6.03 Å². The van der Waals surface area contributed by atoms with Crippen LogP contribution in [0.2, 0.25) is 0 Å². The normalized spacial score (nSPS) is 16.3. The van der Waals surface area contributed by atoms with Crippen LogP contribution in [0.5, 0.6) is 0 Å². The summed E-state index contributed by atoms with van der Waals surface area (Å²) in [6.07, 6.45) is 4.19. The Bertz CT molecular complexity index is 1340. The van der Waals surface area contributed by atoms with Crippen LogP contribution in [-0.4, -0.2) is 52.9 Å². The molecule has 1 saturated heterocycles. The average Bonchev–Trinajstić information content (AvgIpc) is 3.58. The lowest BCUT2D eigenvalue weighted by Gasteiger charge is -2.29. The minimum absolute atomic E-state index is 0.159. The number of urea groups is 1. The highest BCUT2D eigenvalue weighted by Gasteiger charge is 2.23. The zero-order valence-electron chi connectivity index (χ0n) is 18.5. The van der Waals surface area contributed by atoms with E-state index < -0.39 is 0 Å². The number of nitrogens with zero attached hydrogens (tertiary/aromatic N) is 4. The molecule has 0 unspecified atom stereocenters. The van der Waals surface area contributed by atoms with E-state index >= 15 is 0 Å². The molecule has 2 aromatic carbocycles. The third-order valence-electron chi connectivity index (χ3n) is 6.33. The quantitative estimate of drug-likeness (QED) is 0.501. The minimum Gasteiger partial charge on any atom is -0.378 e. The third-order valence-corrected chi connectivity index (χ3v) is 6.33. The Labute approximate surface area is 191 Å². The number of amides is 2. The van der Waals surface area contributed by atoms with E-state index in [0.29, 0.717) is 25.1 Å². The number of morpholine rings is 1. The van der Waals surface area contributed by atoms with Crippen molar-refractivity contribution in [2.75, 3.05) is 36.5 Å². The topological polar surface area (TPSA) is 84.3 Å². The van der Waals surface area contributed by atoms with Gasteiger partial charge in [0.05, 0.1) is 18.7 Å². The monoisotopic (exact) mass is 442 g/mol. The molecule has 0 bridgehead atoms. The highest BCUT2D eigenvalue weighted by atomic mass is 16.5. The largest absolute Gasteiger partial charge is 0.378 e. The minimum atomic E-state index is -0.159. The smallest absolute Gasteiger partial charge is 0.319 e. The zero-order chi connectivity index (χ0) is 22.4. The molecule has 0 radical (unpaired) electrons. The van der Waals surface area contributed by atoms with Crippen LogP contribution in [0.3, 0.4) is 0 Å². The summed E-state index contributed by atoms with van der Waals surface area (Å²) in [5.41, 5.74) is 3.75. The Balaban J connectivity index is 1.40. The number of benzene rings is 2. The molecule has 2 N–H and O–H groups in total. The van der Waals surface area contributed by atoms with E-state index in [4.69, 9.17) is 14.7 Å². The first-order chi connectivity index (χ1) is 16.2. The van der Waals surface area contributed by atoms with Crippen molar-refractivity contribution in [1.82, 2.24) is 19.9 Å². The Hall–Kier alpha value is -3.65. The van der Waals surface area contributed by atoms with Crippen LogP contribution in [-0.2, 0) is 11.8 Å². The lowest BCUT2D eigenvalue weighted by Crippen LogP contribution is -2.37. The molecule has 2 aromatic heterocycles. The second-order valence-corrected chi connectivity index (χ2v) is 8.74. The molecule has 2 aliphatic rings. The van der Waals surface area contributed by atoms with Gasteiger partial charge in [-0.3, -0.25) is 0 Å². The van der Waals surface area contributed by atoms with Crippen molar-refractivity contribution < 1.29 is 9.53 Å². The molecule has 168 valence electrons. The molecule has 0 spiro atoms. The van der Waals surface area contributed by atoms with E-state index in [-0.39, 0.29) is 6.03 Å². The number of ether oxygens (including phenoxy) is 1. The number of carbonyl (C=O) groups is 1. The summed E-state index contributed by atoms with van der Waals surface area (Å²) < 4.78 is 7.68. The molecule has 4 aromatic rings. The zero-order valence-corrected chi connectivity index (χ0v) is 18.5. The van der Waals surface area contributed by atoms with Crippen molar-refractivity contribution in [3.05, 3.63) is 48.7 Å². The molecule has 8 heteroatoms. The van der Waals surface area contributed by atoms with Crippen LogP contribution < -0.4 is 15.5 Å². The number of nitrogens with one attached hydrogen (secondary N) is 2. The molecular formula is C25H26N6O2. The predicted octanol–water partition coefficient (Wildman–Crippen LogP) is 3.91. The molecule has 0 atom stereocenters. The number of aryl methyl sites for hydroxylation is 1. The Morgan fingerprint density at radius 3 is 2.55 bits per heavy atom. The first-order valence-corrected chi connectivity index (χ1v) is 11.4. The summed E-state index contributed by atoms with van der Waals surface area (Å²) in [5.74, 6) is 1.62. The number of rotatable bonds is 4. The van der Waals surface area contributed by atoms with Gasteiger partial charge in [0.25, 0.3) is 0 Å². The van der Waals surface area contributed by atoms with E-state index in [2.05, 4.69) is 44.5 Å². The number of hydrogen-bond acceptors (Lipinski definition) is 5. The van der Waals surface area contributed by atoms with E-state index in [1.807, 2.05) is 31.3 Å². The fourth-order valence-electron chi connectivity index (χ4n) is 4.36. The van der Waals surface area contributed by atoms with Gasteiger partial charge in [-0.05, 0) is 55.3 Å². The molecule has 8 nitrogen and oxygen atoms in total. The molecular weight excluding hydrogens is 416 g/mol. The maximum atomic E-state index is 12.0. The average molecular weight is 443 g/mol. The first kappa shape index (κ1) is 20.0. The summed E-state index contributed by atoms with van der Waals surface area (Å²) in [6, 6.07) is 14.2. The number of anilines is 2. The van der Waals surface area contributed by atoms with Crippen molar-refractivity contribution in [2.45, 2.75) is 18.9 Å². The van der Waals surface area contributed by atoms with Gasteiger partial charge in [-0.25, -0.2) is 14.8 Å². The number of fused-ring (bicyclic) bond motifs is 3. The summed E-state index contributed by atoms with van der Waals surface area (Å²) >= 11 is 0. The van der Waals surface area contributed by atoms with Crippen LogP contribution in [0.1, 0.15) is 12.8 Å². The van der Waals surface area contributed by atoms with E-state index in [9.17, 15) is 4.79 Å². The molecule has 2 fully saturated rings. The Morgan fingerprint density at radius 2 is 1.79 bits per heavy atom. The molecule has 1 saturated carbocycles. The Kier molecular flexibility index (Phi) is 4.87. The van der Waals surface area contributed by atoms with Crippen LogP contribution in [0.15, 0.2) is 48.7 Å². The van der Waals surface area contributed by atoms with Crippen molar-refractivity contribution in [3.63, 3.8) is 0 Å². The second kappa shape index (κ2) is 8.04. The molecule has 33 heavy (non-hydrogen) atoms. The Morgan fingerprint density at radius 1 is 1.00 bits per heavy atom. The fraction of sp³-hybridized carbons (Fsp3) is 0.320. The number of hydrogen-bond donors (Lipinski definition) is 2. The number of aromatic nitrogens is 3. The number of carbonyl (C=O) groups excluding carboxylic acids is 1. The van der Waals surface area contributed by atoms with Crippen LogP contribution in [0, 0.1) is 0 Å². The highest BCUT2D eigenvalue weighted by molar-refractivity contribution is 6.08. The molecule has 6 rings (SSSR count). The molecule has 2 amide bonds. The van der Waals surface area contributed by atoms with Gasteiger partial charge in [0.2, 0.25) is 0 Å². The maximum Gasteiger partial charge on any atom is 0.319 e. The van der Waals surface area contributed by atoms with Crippen molar-refractivity contribution in [2.24, 2.45) is 7.05 Å². The SMILES string of the molecule is Cn1ccc2c3nc(-c4ccc(NC(=O)NC5CC5)cc4)nc(N4CCOCC4)c3ccc21. The standard InChI is InChI=1S/C25H26N6O2/c1-30-11-10-19-21(30)9-8-20-22(19)28-23(29-24(20)31-12-14-33-15-13-31)16-2-4-17(5-3-16)26-25(32)27-18-6-7-18/h2-5,8-11,18H,6-7,12-15H2,1H3,(H2,26,27,32). The van der Waals surface area contributed by atoms with E-state index in [1.54, 1.807) is 0 Å². The van der Waals surface area contributed by atoms with Gasteiger partial charge in [-0.2, -0.15) is 0 Å². The third kappa shape index (κ3) is 3.87. The summed E-state index contributed by atoms with van der Waals surface area (Å²) in [4.78, 5) is 24.3. The van der Waals surface area contributed by atoms with E-state index in [0.717, 1.165) is 64.8 Å². The molecule has 1 aliphatic carbocycles. The van der Waals surface area contributed by atoms with Gasteiger partial charge in [0, 0.05) is 59.9 Å². The first-order valence-electron chi connectivity index (χ1n) is 11.4. The van der Waals surface area contributed by atoms with Crippen LogP contribution in [0.25, 0.3) is 33.2 Å². The van der Waals surface area contributed by atoms with Gasteiger partial charge in [-0.15, -0.1) is 0 Å².